The van der Waals surface area contributed by atoms with E-state index < -0.39 is 0 Å². The second-order valence-corrected chi connectivity index (χ2v) is 5.20. The molecule has 2 nitrogen and oxygen atoms in total. The van der Waals surface area contributed by atoms with Gasteiger partial charge in [0.2, 0.25) is 0 Å². The lowest BCUT2D eigenvalue weighted by Gasteiger charge is -2.19. The molecule has 0 radical (unpaired) electrons. The molecule has 1 N–H and O–H groups in total. The first kappa shape index (κ1) is 13.4. The average molecular weight is 275 g/mol. The van der Waals surface area contributed by atoms with E-state index in [1.54, 1.807) is 0 Å². The van der Waals surface area contributed by atoms with E-state index in [-0.39, 0.29) is 11.5 Å². The number of H-pyrrole nitrogens is 1. The maximum atomic E-state index is 11.6. The predicted molar refractivity (Wildman–Crippen MR) is 85.6 cm³/mol. The average Bonchev–Trinajstić information content (AvgIpc) is 2.53. The van der Waals surface area contributed by atoms with E-state index in [2.05, 4.69) is 29.2 Å². The monoisotopic (exact) mass is 275 g/mol. The molecule has 0 amide bonds. The van der Waals surface area contributed by atoms with Crippen molar-refractivity contribution in [2.24, 2.45) is 0 Å². The van der Waals surface area contributed by atoms with Crippen LogP contribution < -0.4 is 5.56 Å². The molecule has 0 atom stereocenters. The fourth-order valence-corrected chi connectivity index (χ4v) is 2.65. The molecule has 0 unspecified atom stereocenters. The molecule has 0 bridgehead atoms. The summed E-state index contributed by atoms with van der Waals surface area (Å²) in [4.78, 5) is 14.4. The Morgan fingerprint density at radius 1 is 0.810 bits per heavy atom. The number of pyridine rings is 1. The second-order valence-electron chi connectivity index (χ2n) is 5.20. The van der Waals surface area contributed by atoms with Gasteiger partial charge in [0.05, 0.1) is 0 Å². The summed E-state index contributed by atoms with van der Waals surface area (Å²) in [5.41, 5.74) is 4.25. The van der Waals surface area contributed by atoms with Crippen LogP contribution in [-0.4, -0.2) is 4.98 Å². The molecule has 2 aromatic carbocycles. The molecule has 3 rings (SSSR count). The molecule has 21 heavy (non-hydrogen) atoms. The minimum atomic E-state index is -0.0291. The summed E-state index contributed by atoms with van der Waals surface area (Å²) in [6.45, 7) is 1.84. The van der Waals surface area contributed by atoms with E-state index in [9.17, 15) is 4.79 Å². The van der Waals surface area contributed by atoms with Crippen LogP contribution in [0.5, 0.6) is 0 Å². The third-order valence-electron chi connectivity index (χ3n) is 3.71. The summed E-state index contributed by atoms with van der Waals surface area (Å²) < 4.78 is 0. The number of hydrogen-bond acceptors (Lipinski definition) is 1. The van der Waals surface area contributed by atoms with Crippen LogP contribution in [0.2, 0.25) is 0 Å². The zero-order valence-electron chi connectivity index (χ0n) is 11.9. The van der Waals surface area contributed by atoms with Gasteiger partial charge in [0.25, 0.3) is 5.56 Å². The summed E-state index contributed by atoms with van der Waals surface area (Å²) >= 11 is 0. The first-order valence-corrected chi connectivity index (χ1v) is 7.05. The van der Waals surface area contributed by atoms with Crippen molar-refractivity contribution in [3.8, 4) is 0 Å². The van der Waals surface area contributed by atoms with Gasteiger partial charge >= 0.3 is 0 Å². The smallest absolute Gasteiger partial charge is 0.250 e. The number of rotatable bonds is 3. The Hall–Kier alpha value is -2.61. The Labute approximate surface area is 124 Å². The van der Waals surface area contributed by atoms with Gasteiger partial charge in [-0.25, -0.2) is 0 Å². The minimum absolute atomic E-state index is 0.0291. The standard InChI is InChI=1S/C19H17NO/c1-14-12-17(13-20-19(14)21)18(15-8-4-2-5-9-15)16-10-6-3-7-11-16/h2-13,18H,1H3,(H,20,21). The van der Waals surface area contributed by atoms with Gasteiger partial charge < -0.3 is 4.98 Å². The highest BCUT2D eigenvalue weighted by Crippen LogP contribution is 2.31. The molecular weight excluding hydrogens is 258 g/mol. The Kier molecular flexibility index (Phi) is 3.69. The van der Waals surface area contributed by atoms with Crippen molar-refractivity contribution in [1.82, 2.24) is 4.98 Å². The van der Waals surface area contributed by atoms with E-state index in [4.69, 9.17) is 0 Å². The summed E-state index contributed by atoms with van der Waals surface area (Å²) in [5, 5.41) is 0. The maximum Gasteiger partial charge on any atom is 0.250 e. The third-order valence-corrected chi connectivity index (χ3v) is 3.71. The number of hydrogen-bond donors (Lipinski definition) is 1. The zero-order valence-corrected chi connectivity index (χ0v) is 11.9. The van der Waals surface area contributed by atoms with E-state index in [1.165, 1.54) is 11.1 Å². The summed E-state index contributed by atoms with van der Waals surface area (Å²) in [6.07, 6.45) is 1.82. The van der Waals surface area contributed by atoms with Crippen LogP contribution in [0.4, 0.5) is 0 Å². The van der Waals surface area contributed by atoms with Crippen molar-refractivity contribution in [2.45, 2.75) is 12.8 Å². The fourth-order valence-electron chi connectivity index (χ4n) is 2.65. The van der Waals surface area contributed by atoms with E-state index in [1.807, 2.05) is 55.6 Å². The number of aryl methyl sites for hydroxylation is 1. The SMILES string of the molecule is Cc1cc(C(c2ccccc2)c2ccccc2)c[nH]c1=O. The van der Waals surface area contributed by atoms with Crippen molar-refractivity contribution >= 4 is 0 Å². The predicted octanol–water partition coefficient (Wildman–Crippen LogP) is 3.86. The van der Waals surface area contributed by atoms with Crippen LogP contribution in [0, 0.1) is 6.92 Å². The third kappa shape index (κ3) is 2.79. The highest BCUT2D eigenvalue weighted by molar-refractivity contribution is 5.42. The Balaban J connectivity index is 2.17. The first-order valence-electron chi connectivity index (χ1n) is 7.05. The molecule has 104 valence electrons. The number of aromatic amines is 1. The van der Waals surface area contributed by atoms with E-state index in [0.717, 1.165) is 11.1 Å². The van der Waals surface area contributed by atoms with Crippen LogP contribution in [0.25, 0.3) is 0 Å². The van der Waals surface area contributed by atoms with Gasteiger partial charge in [-0.05, 0) is 29.7 Å². The van der Waals surface area contributed by atoms with Crippen molar-refractivity contribution in [3.05, 3.63) is 106 Å². The van der Waals surface area contributed by atoms with E-state index in [0.29, 0.717) is 0 Å². The molecule has 0 aliphatic heterocycles. The molecular formula is C19H17NO. The lowest BCUT2D eigenvalue weighted by atomic mass is 9.85. The molecule has 0 saturated carbocycles. The number of aromatic nitrogens is 1. The Morgan fingerprint density at radius 2 is 1.33 bits per heavy atom. The molecule has 1 aromatic heterocycles. The summed E-state index contributed by atoms with van der Waals surface area (Å²) in [7, 11) is 0. The topological polar surface area (TPSA) is 32.9 Å². The highest BCUT2D eigenvalue weighted by Gasteiger charge is 2.16. The van der Waals surface area contributed by atoms with Crippen molar-refractivity contribution in [2.75, 3.05) is 0 Å². The molecule has 1 heterocycles. The van der Waals surface area contributed by atoms with Crippen molar-refractivity contribution in [3.63, 3.8) is 0 Å². The normalized spacial score (nSPS) is 10.8. The summed E-state index contributed by atoms with van der Waals surface area (Å²) in [5.74, 6) is 0.128. The van der Waals surface area contributed by atoms with Gasteiger partial charge in [0, 0.05) is 17.7 Å². The van der Waals surface area contributed by atoms with Crippen molar-refractivity contribution < 1.29 is 0 Å². The molecule has 0 aliphatic rings. The lowest BCUT2D eigenvalue weighted by Crippen LogP contribution is -2.12. The van der Waals surface area contributed by atoms with Gasteiger partial charge in [0.15, 0.2) is 0 Å². The van der Waals surface area contributed by atoms with Gasteiger partial charge in [-0.2, -0.15) is 0 Å². The van der Waals surface area contributed by atoms with Crippen molar-refractivity contribution in [1.29, 1.82) is 0 Å². The molecule has 0 saturated heterocycles. The van der Waals surface area contributed by atoms with Gasteiger partial charge in [-0.1, -0.05) is 60.7 Å². The summed E-state index contributed by atoms with van der Waals surface area (Å²) in [6, 6.07) is 22.7. The van der Waals surface area contributed by atoms with Crippen LogP contribution >= 0.6 is 0 Å². The largest absolute Gasteiger partial charge is 0.329 e. The Morgan fingerprint density at radius 3 is 1.81 bits per heavy atom. The van der Waals surface area contributed by atoms with Gasteiger partial charge in [0.1, 0.15) is 0 Å². The van der Waals surface area contributed by atoms with Gasteiger partial charge in [-0.15, -0.1) is 0 Å². The van der Waals surface area contributed by atoms with Crippen LogP contribution in [0.3, 0.4) is 0 Å². The number of benzene rings is 2. The quantitative estimate of drug-likeness (QED) is 0.773. The highest BCUT2D eigenvalue weighted by atomic mass is 16.1. The van der Waals surface area contributed by atoms with Gasteiger partial charge in [-0.3, -0.25) is 4.79 Å². The Bertz CT molecular complexity index is 736. The lowest BCUT2D eigenvalue weighted by molar-refractivity contribution is 0.951. The molecule has 0 aliphatic carbocycles. The molecule has 3 aromatic rings. The first-order chi connectivity index (χ1) is 10.3. The number of nitrogens with one attached hydrogen (secondary N) is 1. The van der Waals surface area contributed by atoms with Crippen LogP contribution in [0.15, 0.2) is 77.7 Å². The molecule has 0 spiro atoms. The van der Waals surface area contributed by atoms with Crippen LogP contribution in [-0.2, 0) is 0 Å². The van der Waals surface area contributed by atoms with E-state index >= 15 is 0 Å². The maximum absolute atomic E-state index is 11.6. The molecule has 0 fully saturated rings. The fraction of sp³-hybridized carbons (Fsp3) is 0.105. The molecule has 2 heteroatoms. The van der Waals surface area contributed by atoms with Crippen LogP contribution in [0.1, 0.15) is 28.2 Å². The minimum Gasteiger partial charge on any atom is -0.329 e. The second kappa shape index (κ2) is 5.80. The zero-order chi connectivity index (χ0) is 14.7.